The number of carbonyl (C=O) groups excluding carboxylic acids is 1. The Morgan fingerprint density at radius 1 is 0.640 bits per heavy atom. The number of allylic oxidation sites excluding steroid dienone is 2. The molecule has 0 aromatic rings. The number of carbonyl (C=O) groups is 1. The molecule has 0 bridgehead atoms. The third kappa shape index (κ3) is 10.5. The molecule has 0 radical (unpaired) electrons. The Morgan fingerprint density at radius 2 is 1.21 bits per heavy atom. The predicted molar refractivity (Wildman–Crippen MR) is 259 cm³/mol. The third-order valence-corrected chi connectivity index (χ3v) is 20.3. The van der Waals surface area contributed by atoms with Gasteiger partial charge in [-0.2, -0.15) is 0 Å². The van der Waals surface area contributed by atoms with Crippen LogP contribution in [0.25, 0.3) is 0 Å². The molecular formula is C53H88O22. The summed E-state index contributed by atoms with van der Waals surface area (Å²) >= 11 is 0. The lowest BCUT2D eigenvalue weighted by atomic mass is 9.35. The van der Waals surface area contributed by atoms with Crippen LogP contribution >= 0.6 is 0 Å². The highest BCUT2D eigenvalue weighted by Gasteiger charge is 2.72. The molecule has 75 heavy (non-hydrogen) atoms. The molecule has 0 unspecified atom stereocenters. The second kappa shape index (κ2) is 22.5. The molecule has 0 aromatic heterocycles. The van der Waals surface area contributed by atoms with Gasteiger partial charge < -0.3 is 104 Å². The molecule has 28 atom stereocenters. The predicted octanol–water partition coefficient (Wildman–Crippen LogP) is -1.36. The van der Waals surface area contributed by atoms with Crippen LogP contribution in [-0.2, 0) is 42.7 Å². The Balaban J connectivity index is 1.04. The topological polar surface area (TPSA) is 354 Å². The summed E-state index contributed by atoms with van der Waals surface area (Å²) in [6.45, 7) is 14.8. The van der Waals surface area contributed by atoms with Gasteiger partial charge in [0.05, 0.1) is 38.1 Å². The van der Waals surface area contributed by atoms with E-state index in [1.807, 2.05) is 20.8 Å². The Morgan fingerprint density at radius 3 is 1.84 bits per heavy atom. The summed E-state index contributed by atoms with van der Waals surface area (Å²) in [7, 11) is 0. The Labute approximate surface area is 438 Å². The molecule has 4 aliphatic carbocycles. The lowest BCUT2D eigenvalue weighted by molar-refractivity contribution is -0.381. The quantitative estimate of drug-likeness (QED) is 0.0666. The maximum absolute atomic E-state index is 15.3. The molecule has 0 aromatic carbocycles. The lowest BCUT2D eigenvalue weighted by Crippen LogP contribution is -2.67. The molecule has 0 amide bonds. The van der Waals surface area contributed by atoms with Gasteiger partial charge in [0, 0.05) is 12.3 Å². The van der Waals surface area contributed by atoms with Gasteiger partial charge in [0.2, 0.25) is 0 Å². The van der Waals surface area contributed by atoms with Gasteiger partial charge in [-0.3, -0.25) is 4.79 Å². The van der Waals surface area contributed by atoms with Crippen LogP contribution in [0, 0.1) is 45.3 Å². The van der Waals surface area contributed by atoms with Crippen LogP contribution in [0.2, 0.25) is 0 Å². The number of hydrogen-bond acceptors (Lipinski definition) is 22. The summed E-state index contributed by atoms with van der Waals surface area (Å²) in [5.41, 5.74) is -1.76. The maximum atomic E-state index is 15.3. The van der Waals surface area contributed by atoms with E-state index in [0.717, 1.165) is 24.8 Å². The molecule has 4 aliphatic heterocycles. The molecule has 0 spiro atoms. The monoisotopic (exact) mass is 1080 g/mol. The largest absolute Gasteiger partial charge is 0.394 e. The number of rotatable bonds is 15. The number of hydrogen-bond donors (Lipinski definition) is 13. The number of ether oxygens (including phenoxy) is 8. The standard InChI is InChI=1S/C53H88O22/c1-23(2)10-9-14-53(8,75-47-43(67)39(63)36(60)28(20-55)71-47)24-11-16-52(7)33(24)25(56)18-31-50(5)15-13-32(49(3,4)30(50)12-17-51(31,52)6)73-48-44(74-46-42(66)38(62)35(59)27(19-54)70-46)40(64)37(61)29(72-48)22-69-45-41(65)34(58)26(57)21-68-45/h10,24,26-48,54-55,57-67H,9,11-22H2,1-8H3/t24-,26+,27+,28+,29+,30-,31+,32-,33-,34-,35+,36+,37+,38-,39-,40-,41+,42+,43+,44+,45-,46-,47-,48-,50-,51+,52+,53-/m0/s1. The van der Waals surface area contributed by atoms with Crippen molar-refractivity contribution in [1.29, 1.82) is 0 Å². The van der Waals surface area contributed by atoms with Crippen molar-refractivity contribution in [3.8, 4) is 0 Å². The number of Topliss-reactive ketones (excluding diaryl/α,β-unsaturated/α-hetero) is 1. The van der Waals surface area contributed by atoms with E-state index in [2.05, 4.69) is 40.7 Å². The number of aliphatic hydroxyl groups excluding tert-OH is 13. The SMILES string of the molecule is CC(C)=CCC[C@](C)(O[C@@H]1O[C@H](CO)[C@@H](O)[C@H](O)[C@H]1O)[C@H]1CC[C@]2(C)[C@@H]1C(=O)C[C@@H]1[C@@]3(C)CC[C@H](O[C@@H]4O[C@H](CO[C@@H]5OC[C@@H](O)[C@H](O)[C@H]5O)[C@@H](O)[C@H](O)[C@H]4O[C@@H]4O[C@H](CO)[C@@H](O)[C@H](O)[C@H]4O)C(C)(C)[C@@H]3CC[C@]12C. The molecule has 8 fully saturated rings. The van der Waals surface area contributed by atoms with E-state index in [1.165, 1.54) is 0 Å². The van der Waals surface area contributed by atoms with Crippen molar-refractivity contribution in [3.05, 3.63) is 11.6 Å². The molecule has 8 rings (SSSR count). The minimum absolute atomic E-state index is 0.0226. The van der Waals surface area contributed by atoms with Gasteiger partial charge >= 0.3 is 0 Å². The van der Waals surface area contributed by atoms with Gasteiger partial charge in [0.15, 0.2) is 25.2 Å². The van der Waals surface area contributed by atoms with Crippen molar-refractivity contribution in [1.82, 2.24) is 0 Å². The van der Waals surface area contributed by atoms with Crippen LogP contribution in [-0.4, -0.2) is 227 Å². The first-order valence-corrected chi connectivity index (χ1v) is 27.1. The van der Waals surface area contributed by atoms with Gasteiger partial charge in [-0.05, 0) is 112 Å². The zero-order valence-electron chi connectivity index (χ0n) is 44.6. The van der Waals surface area contributed by atoms with Crippen molar-refractivity contribution in [2.45, 2.75) is 242 Å². The van der Waals surface area contributed by atoms with Crippen molar-refractivity contribution >= 4 is 5.78 Å². The van der Waals surface area contributed by atoms with Gasteiger partial charge in [-0.15, -0.1) is 0 Å². The van der Waals surface area contributed by atoms with E-state index < -0.39 is 165 Å². The lowest BCUT2D eigenvalue weighted by Gasteiger charge is -2.69. The van der Waals surface area contributed by atoms with E-state index in [9.17, 15) is 66.4 Å². The molecule has 13 N–H and O–H groups in total. The van der Waals surface area contributed by atoms with Crippen LogP contribution < -0.4 is 0 Å². The number of ketones is 1. The summed E-state index contributed by atoms with van der Waals surface area (Å²) in [5.74, 6) is -0.657. The summed E-state index contributed by atoms with van der Waals surface area (Å²) < 4.78 is 48.9. The minimum atomic E-state index is -1.87. The van der Waals surface area contributed by atoms with Crippen LogP contribution in [0.3, 0.4) is 0 Å². The van der Waals surface area contributed by atoms with Crippen LogP contribution in [0.5, 0.6) is 0 Å². The summed E-state index contributed by atoms with van der Waals surface area (Å²) in [6.07, 6.45) is -23.1. The van der Waals surface area contributed by atoms with Gasteiger partial charge in [0.25, 0.3) is 0 Å². The van der Waals surface area contributed by atoms with Crippen LogP contribution in [0.15, 0.2) is 11.6 Å². The molecule has 22 nitrogen and oxygen atoms in total. The highest BCUT2D eigenvalue weighted by Crippen LogP contribution is 2.75. The van der Waals surface area contributed by atoms with Crippen LogP contribution in [0.1, 0.15) is 113 Å². The Bertz CT molecular complexity index is 1990. The van der Waals surface area contributed by atoms with Crippen molar-refractivity contribution in [3.63, 3.8) is 0 Å². The minimum Gasteiger partial charge on any atom is -0.394 e. The zero-order valence-corrected chi connectivity index (χ0v) is 44.6. The smallest absolute Gasteiger partial charge is 0.187 e. The first-order valence-electron chi connectivity index (χ1n) is 27.1. The number of aliphatic hydroxyl groups is 13. The normalized spacial score (nSPS) is 51.8. The van der Waals surface area contributed by atoms with E-state index in [0.29, 0.717) is 38.5 Å². The van der Waals surface area contributed by atoms with E-state index >= 15 is 4.79 Å². The average Bonchev–Trinajstić information content (AvgIpc) is 3.75. The molecule has 8 aliphatic rings. The van der Waals surface area contributed by atoms with Crippen LogP contribution in [0.4, 0.5) is 0 Å². The fraction of sp³-hybridized carbons (Fsp3) is 0.943. The highest BCUT2D eigenvalue weighted by atomic mass is 16.8. The van der Waals surface area contributed by atoms with E-state index in [1.54, 1.807) is 0 Å². The molecule has 4 saturated carbocycles. The third-order valence-electron chi connectivity index (χ3n) is 20.3. The Kier molecular flexibility index (Phi) is 17.9. The van der Waals surface area contributed by atoms with Gasteiger partial charge in [0.1, 0.15) is 97.3 Å². The second-order valence-corrected chi connectivity index (χ2v) is 25.1. The van der Waals surface area contributed by atoms with Crippen molar-refractivity contribution in [2.75, 3.05) is 26.4 Å². The van der Waals surface area contributed by atoms with E-state index in [-0.39, 0.29) is 41.0 Å². The fourth-order valence-corrected chi connectivity index (χ4v) is 15.7. The van der Waals surface area contributed by atoms with Crippen molar-refractivity contribution in [2.24, 2.45) is 45.3 Å². The maximum Gasteiger partial charge on any atom is 0.187 e. The van der Waals surface area contributed by atoms with E-state index in [4.69, 9.17) is 37.9 Å². The van der Waals surface area contributed by atoms with Crippen molar-refractivity contribution < 1.29 is 109 Å². The van der Waals surface area contributed by atoms with Gasteiger partial charge in [-0.1, -0.05) is 46.3 Å². The average molecular weight is 1080 g/mol. The molecule has 4 heterocycles. The summed E-state index contributed by atoms with van der Waals surface area (Å²) in [6, 6.07) is 0. The summed E-state index contributed by atoms with van der Waals surface area (Å²) in [4.78, 5) is 15.3. The molecule has 432 valence electrons. The molecule has 22 heteroatoms. The Hall–Kier alpha value is -1.43. The first kappa shape index (κ1) is 59.7. The second-order valence-electron chi connectivity index (χ2n) is 25.1. The zero-order chi connectivity index (χ0) is 55.1. The highest BCUT2D eigenvalue weighted by molar-refractivity contribution is 5.84. The first-order chi connectivity index (χ1) is 35.1. The number of fused-ring (bicyclic) bond motifs is 5. The summed E-state index contributed by atoms with van der Waals surface area (Å²) in [5, 5.41) is 139. The fourth-order valence-electron chi connectivity index (χ4n) is 15.7. The molecule has 4 saturated heterocycles. The van der Waals surface area contributed by atoms with Gasteiger partial charge in [-0.25, -0.2) is 0 Å². The molecular weight excluding hydrogens is 989 g/mol.